The number of carbonyl (C=O) groups is 1. The van der Waals surface area contributed by atoms with Crippen LogP contribution in [0.1, 0.15) is 33.8 Å². The van der Waals surface area contributed by atoms with E-state index in [-0.39, 0.29) is 18.5 Å². The SMILES string of the molecule is COC(=O)c1ccc2c(c1)CCC2CO. The normalized spacial score (nSPS) is 18.7. The van der Waals surface area contributed by atoms with Crippen LogP contribution >= 0.6 is 0 Å². The van der Waals surface area contributed by atoms with Crippen LogP contribution in [-0.2, 0) is 11.2 Å². The van der Waals surface area contributed by atoms with E-state index in [1.165, 1.54) is 12.7 Å². The van der Waals surface area contributed by atoms with E-state index in [2.05, 4.69) is 4.74 Å². The number of aryl methyl sites for hydroxylation is 1. The fourth-order valence-electron chi connectivity index (χ4n) is 2.14. The Labute approximate surface area is 88.7 Å². The number of rotatable bonds is 2. The highest BCUT2D eigenvalue weighted by Crippen LogP contribution is 2.33. The molecule has 0 bridgehead atoms. The monoisotopic (exact) mass is 206 g/mol. The molecule has 3 nitrogen and oxygen atoms in total. The number of hydrogen-bond donors (Lipinski definition) is 1. The Kier molecular flexibility index (Phi) is 2.73. The van der Waals surface area contributed by atoms with E-state index in [1.54, 1.807) is 6.07 Å². The van der Waals surface area contributed by atoms with Gasteiger partial charge in [0, 0.05) is 12.5 Å². The van der Waals surface area contributed by atoms with Crippen LogP contribution in [-0.4, -0.2) is 24.8 Å². The van der Waals surface area contributed by atoms with Crippen molar-refractivity contribution in [3.8, 4) is 0 Å². The average Bonchev–Trinajstić information content (AvgIpc) is 2.69. The minimum Gasteiger partial charge on any atom is -0.465 e. The minimum atomic E-state index is -0.301. The number of fused-ring (bicyclic) bond motifs is 1. The number of benzene rings is 1. The zero-order chi connectivity index (χ0) is 10.8. The predicted octanol–water partition coefficient (Wildman–Crippen LogP) is 1.50. The van der Waals surface area contributed by atoms with Gasteiger partial charge >= 0.3 is 5.97 Å². The molecule has 0 aromatic heterocycles. The van der Waals surface area contributed by atoms with Crippen LogP contribution in [0.25, 0.3) is 0 Å². The zero-order valence-corrected chi connectivity index (χ0v) is 8.69. The highest BCUT2D eigenvalue weighted by Gasteiger charge is 2.22. The Balaban J connectivity index is 2.33. The predicted molar refractivity (Wildman–Crippen MR) is 55.9 cm³/mol. The number of ether oxygens (including phenoxy) is 1. The van der Waals surface area contributed by atoms with Crippen LogP contribution in [0.3, 0.4) is 0 Å². The lowest BCUT2D eigenvalue weighted by molar-refractivity contribution is 0.0600. The van der Waals surface area contributed by atoms with Gasteiger partial charge in [0.05, 0.1) is 12.7 Å². The summed E-state index contributed by atoms with van der Waals surface area (Å²) in [4.78, 5) is 11.3. The number of carbonyl (C=O) groups excluding carboxylic acids is 1. The van der Waals surface area contributed by atoms with Gasteiger partial charge in [-0.15, -0.1) is 0 Å². The zero-order valence-electron chi connectivity index (χ0n) is 8.69. The van der Waals surface area contributed by atoms with Crippen molar-refractivity contribution in [2.75, 3.05) is 13.7 Å². The fourth-order valence-corrected chi connectivity index (χ4v) is 2.14. The maximum atomic E-state index is 11.3. The van der Waals surface area contributed by atoms with Crippen LogP contribution in [0.4, 0.5) is 0 Å². The lowest BCUT2D eigenvalue weighted by Gasteiger charge is -2.07. The third-order valence-electron chi connectivity index (χ3n) is 2.99. The molecule has 1 aliphatic carbocycles. The Morgan fingerprint density at radius 2 is 2.40 bits per heavy atom. The highest BCUT2D eigenvalue weighted by molar-refractivity contribution is 5.89. The summed E-state index contributed by atoms with van der Waals surface area (Å²) in [5, 5.41) is 9.15. The first kappa shape index (κ1) is 10.2. The molecule has 15 heavy (non-hydrogen) atoms. The lowest BCUT2D eigenvalue weighted by atomic mass is 10.0. The average molecular weight is 206 g/mol. The molecule has 1 aromatic rings. The minimum absolute atomic E-state index is 0.185. The largest absolute Gasteiger partial charge is 0.465 e. The van der Waals surface area contributed by atoms with E-state index >= 15 is 0 Å². The van der Waals surface area contributed by atoms with Crippen molar-refractivity contribution in [1.29, 1.82) is 0 Å². The van der Waals surface area contributed by atoms with E-state index in [4.69, 9.17) is 5.11 Å². The standard InChI is InChI=1S/C12H14O3/c1-15-12(14)9-4-5-11-8(6-9)2-3-10(11)7-13/h4-6,10,13H,2-3,7H2,1H3. The number of esters is 1. The second-order valence-electron chi connectivity index (χ2n) is 3.82. The van der Waals surface area contributed by atoms with E-state index in [1.807, 2.05) is 12.1 Å². The van der Waals surface area contributed by atoms with Gasteiger partial charge in [0.2, 0.25) is 0 Å². The third-order valence-corrected chi connectivity index (χ3v) is 2.99. The van der Waals surface area contributed by atoms with Crippen molar-refractivity contribution >= 4 is 5.97 Å². The van der Waals surface area contributed by atoms with Crippen LogP contribution < -0.4 is 0 Å². The van der Waals surface area contributed by atoms with E-state index < -0.39 is 0 Å². The summed E-state index contributed by atoms with van der Waals surface area (Å²) >= 11 is 0. The fraction of sp³-hybridized carbons (Fsp3) is 0.417. The van der Waals surface area contributed by atoms with Gasteiger partial charge in [0.15, 0.2) is 0 Å². The molecule has 3 heteroatoms. The molecule has 0 fully saturated rings. The van der Waals surface area contributed by atoms with Crippen LogP contribution in [0, 0.1) is 0 Å². The maximum absolute atomic E-state index is 11.3. The van der Waals surface area contributed by atoms with Gasteiger partial charge in [-0.05, 0) is 36.1 Å². The third kappa shape index (κ3) is 1.75. The van der Waals surface area contributed by atoms with E-state index in [9.17, 15) is 4.79 Å². The highest BCUT2D eigenvalue weighted by atomic mass is 16.5. The summed E-state index contributed by atoms with van der Waals surface area (Å²) in [6.45, 7) is 0.185. The van der Waals surface area contributed by atoms with Crippen LogP contribution in [0.2, 0.25) is 0 Å². The van der Waals surface area contributed by atoms with Crippen molar-refractivity contribution in [3.05, 3.63) is 34.9 Å². The molecule has 1 aliphatic rings. The summed E-state index contributed by atoms with van der Waals surface area (Å²) < 4.78 is 4.66. The first-order valence-corrected chi connectivity index (χ1v) is 5.08. The van der Waals surface area contributed by atoms with E-state index in [0.29, 0.717) is 5.56 Å². The van der Waals surface area contributed by atoms with Gasteiger partial charge in [-0.2, -0.15) is 0 Å². The molecule has 2 rings (SSSR count). The first-order valence-electron chi connectivity index (χ1n) is 5.08. The van der Waals surface area contributed by atoms with Gasteiger partial charge in [0.25, 0.3) is 0 Å². The van der Waals surface area contributed by atoms with E-state index in [0.717, 1.165) is 18.4 Å². The molecule has 0 heterocycles. The molecule has 0 radical (unpaired) electrons. The number of methoxy groups -OCH3 is 1. The van der Waals surface area contributed by atoms with Gasteiger partial charge in [-0.1, -0.05) is 6.07 Å². The lowest BCUT2D eigenvalue weighted by Crippen LogP contribution is -2.03. The molecular weight excluding hydrogens is 192 g/mol. The summed E-state index contributed by atoms with van der Waals surface area (Å²) in [6, 6.07) is 5.56. The Hall–Kier alpha value is -1.35. The summed E-state index contributed by atoms with van der Waals surface area (Å²) in [7, 11) is 1.38. The topological polar surface area (TPSA) is 46.5 Å². The van der Waals surface area contributed by atoms with Gasteiger partial charge in [-0.25, -0.2) is 4.79 Å². The van der Waals surface area contributed by atoms with Crippen molar-refractivity contribution in [2.45, 2.75) is 18.8 Å². The Bertz CT molecular complexity index is 384. The molecule has 0 amide bonds. The van der Waals surface area contributed by atoms with Crippen molar-refractivity contribution in [3.63, 3.8) is 0 Å². The van der Waals surface area contributed by atoms with Crippen molar-refractivity contribution in [1.82, 2.24) is 0 Å². The van der Waals surface area contributed by atoms with Gasteiger partial charge in [-0.3, -0.25) is 0 Å². The number of aliphatic hydroxyl groups excluding tert-OH is 1. The molecule has 0 saturated carbocycles. The molecule has 1 atom stereocenters. The second-order valence-corrected chi connectivity index (χ2v) is 3.82. The molecule has 1 unspecified atom stereocenters. The molecule has 0 spiro atoms. The molecule has 1 aromatic carbocycles. The summed E-state index contributed by atoms with van der Waals surface area (Å²) in [6.07, 6.45) is 1.90. The molecule has 80 valence electrons. The molecular formula is C12H14O3. The maximum Gasteiger partial charge on any atom is 0.337 e. The first-order chi connectivity index (χ1) is 7.26. The Morgan fingerprint density at radius 3 is 3.07 bits per heavy atom. The Morgan fingerprint density at radius 1 is 1.60 bits per heavy atom. The van der Waals surface area contributed by atoms with Gasteiger partial charge in [0.1, 0.15) is 0 Å². The summed E-state index contributed by atoms with van der Waals surface area (Å²) in [5.41, 5.74) is 2.93. The van der Waals surface area contributed by atoms with Crippen LogP contribution in [0.15, 0.2) is 18.2 Å². The second kappa shape index (κ2) is 4.03. The van der Waals surface area contributed by atoms with Crippen LogP contribution in [0.5, 0.6) is 0 Å². The quantitative estimate of drug-likeness (QED) is 0.746. The molecule has 1 N–H and O–H groups in total. The smallest absolute Gasteiger partial charge is 0.337 e. The number of aliphatic hydroxyl groups is 1. The molecule has 0 aliphatic heterocycles. The van der Waals surface area contributed by atoms with Crippen molar-refractivity contribution in [2.24, 2.45) is 0 Å². The summed E-state index contributed by atoms with van der Waals surface area (Å²) in [5.74, 6) is -0.0584. The van der Waals surface area contributed by atoms with Gasteiger partial charge < -0.3 is 9.84 Å². The molecule has 0 saturated heterocycles. The number of hydrogen-bond acceptors (Lipinski definition) is 3. The van der Waals surface area contributed by atoms with Crippen molar-refractivity contribution < 1.29 is 14.6 Å².